The van der Waals surface area contributed by atoms with Crippen LogP contribution in [0.25, 0.3) is 6.08 Å². The van der Waals surface area contributed by atoms with Crippen molar-refractivity contribution in [1.29, 1.82) is 0 Å². The molecular formula is C16H22N2O6S. The third kappa shape index (κ3) is 6.55. The summed E-state index contributed by atoms with van der Waals surface area (Å²) in [4.78, 5) is 22.9. The maximum absolute atomic E-state index is 12.0. The van der Waals surface area contributed by atoms with Crippen LogP contribution in [-0.2, 0) is 24.3 Å². The molecular weight excluding hydrogens is 348 g/mol. The van der Waals surface area contributed by atoms with E-state index >= 15 is 0 Å². The number of benzene rings is 1. The number of amides is 1. The molecule has 2 N–H and O–H groups in total. The van der Waals surface area contributed by atoms with Gasteiger partial charge in [0.05, 0.1) is 7.11 Å². The Morgan fingerprint density at radius 3 is 2.60 bits per heavy atom. The molecule has 1 aromatic rings. The Bertz CT molecular complexity index is 743. The molecule has 0 heterocycles. The quantitative estimate of drug-likeness (QED) is 0.489. The highest BCUT2D eigenvalue weighted by Crippen LogP contribution is 2.25. The summed E-state index contributed by atoms with van der Waals surface area (Å²) in [5.74, 6) is -0.905. The highest BCUT2D eigenvalue weighted by molar-refractivity contribution is 7.89. The Balaban J connectivity index is 2.79. The summed E-state index contributed by atoms with van der Waals surface area (Å²) in [6.45, 7) is 2.05. The molecule has 0 fully saturated rings. The van der Waals surface area contributed by atoms with Crippen molar-refractivity contribution in [2.75, 3.05) is 27.3 Å². The first-order chi connectivity index (χ1) is 11.8. The zero-order valence-corrected chi connectivity index (χ0v) is 15.2. The van der Waals surface area contributed by atoms with Gasteiger partial charge < -0.3 is 14.8 Å². The molecule has 0 atom stereocenters. The van der Waals surface area contributed by atoms with E-state index in [2.05, 4.69) is 10.0 Å². The van der Waals surface area contributed by atoms with Crippen LogP contribution >= 0.6 is 0 Å². The molecule has 1 rings (SSSR count). The minimum atomic E-state index is -3.71. The first kappa shape index (κ1) is 20.7. The molecule has 0 aliphatic carbocycles. The third-order valence-electron chi connectivity index (χ3n) is 3.08. The Hall–Kier alpha value is -2.39. The summed E-state index contributed by atoms with van der Waals surface area (Å²) in [6, 6.07) is 4.43. The van der Waals surface area contributed by atoms with E-state index in [0.717, 1.165) is 12.5 Å². The lowest BCUT2D eigenvalue weighted by molar-refractivity contribution is -0.143. The molecule has 0 unspecified atom stereocenters. The topological polar surface area (TPSA) is 111 Å². The smallest absolute Gasteiger partial charge is 0.331 e. The van der Waals surface area contributed by atoms with Crippen molar-refractivity contribution in [3.63, 3.8) is 0 Å². The van der Waals surface area contributed by atoms with Crippen LogP contribution in [0.2, 0.25) is 0 Å². The molecule has 0 bridgehead atoms. The number of hydrogen-bond donors (Lipinski definition) is 2. The number of rotatable bonds is 9. The maximum Gasteiger partial charge on any atom is 0.331 e. The minimum absolute atomic E-state index is 0.0491. The summed E-state index contributed by atoms with van der Waals surface area (Å²) >= 11 is 0. The van der Waals surface area contributed by atoms with E-state index in [1.54, 1.807) is 6.07 Å². The van der Waals surface area contributed by atoms with Crippen molar-refractivity contribution in [3.05, 3.63) is 29.8 Å². The van der Waals surface area contributed by atoms with E-state index in [0.29, 0.717) is 12.1 Å². The van der Waals surface area contributed by atoms with Gasteiger partial charge in [-0.1, -0.05) is 13.0 Å². The molecule has 0 spiro atoms. The maximum atomic E-state index is 12.0. The number of nitrogens with one attached hydrogen (secondary N) is 2. The minimum Gasteiger partial charge on any atom is -0.495 e. The lowest BCUT2D eigenvalue weighted by atomic mass is 10.2. The fourth-order valence-corrected chi connectivity index (χ4v) is 2.71. The molecule has 0 aliphatic rings. The van der Waals surface area contributed by atoms with Gasteiger partial charge in [-0.2, -0.15) is 0 Å². The zero-order valence-electron chi connectivity index (χ0n) is 14.4. The number of carbonyl (C=O) groups excluding carboxylic acids is 2. The predicted octanol–water partition coefficient (Wildman–Crippen LogP) is 0.686. The van der Waals surface area contributed by atoms with Crippen LogP contribution in [0.5, 0.6) is 5.75 Å². The van der Waals surface area contributed by atoms with E-state index in [-0.39, 0.29) is 23.2 Å². The van der Waals surface area contributed by atoms with Gasteiger partial charge in [-0.15, -0.1) is 0 Å². The highest BCUT2D eigenvalue weighted by atomic mass is 32.2. The van der Waals surface area contributed by atoms with Crippen molar-refractivity contribution in [3.8, 4) is 5.75 Å². The van der Waals surface area contributed by atoms with E-state index in [1.165, 1.54) is 32.4 Å². The Morgan fingerprint density at radius 2 is 2.00 bits per heavy atom. The highest BCUT2D eigenvalue weighted by Gasteiger charge is 2.17. The van der Waals surface area contributed by atoms with Gasteiger partial charge in [-0.3, -0.25) is 4.79 Å². The molecule has 138 valence electrons. The van der Waals surface area contributed by atoms with Crippen molar-refractivity contribution >= 4 is 28.0 Å². The number of ether oxygens (including phenoxy) is 2. The van der Waals surface area contributed by atoms with Crippen LogP contribution in [0, 0.1) is 0 Å². The summed E-state index contributed by atoms with van der Waals surface area (Å²) in [5, 5.41) is 2.58. The second-order valence-corrected chi connectivity index (χ2v) is 6.76. The van der Waals surface area contributed by atoms with Gasteiger partial charge in [0.25, 0.3) is 5.91 Å². The van der Waals surface area contributed by atoms with Crippen LogP contribution in [0.15, 0.2) is 29.2 Å². The molecule has 8 nitrogen and oxygen atoms in total. The molecule has 0 radical (unpaired) electrons. The van der Waals surface area contributed by atoms with E-state index in [1.807, 2.05) is 6.92 Å². The zero-order chi connectivity index (χ0) is 18.9. The summed E-state index contributed by atoms with van der Waals surface area (Å²) in [7, 11) is -1.06. The van der Waals surface area contributed by atoms with Crippen LogP contribution in [0.4, 0.5) is 0 Å². The molecule has 9 heteroatoms. The van der Waals surface area contributed by atoms with Gasteiger partial charge in [0.15, 0.2) is 6.61 Å². The largest absolute Gasteiger partial charge is 0.495 e. The first-order valence-corrected chi connectivity index (χ1v) is 9.05. The molecule has 0 saturated heterocycles. The van der Waals surface area contributed by atoms with Gasteiger partial charge >= 0.3 is 5.97 Å². The van der Waals surface area contributed by atoms with Crippen molar-refractivity contribution < 1.29 is 27.5 Å². The molecule has 0 aliphatic heterocycles. The lowest BCUT2D eigenvalue weighted by Gasteiger charge is -2.09. The van der Waals surface area contributed by atoms with Gasteiger partial charge in [0.1, 0.15) is 10.6 Å². The van der Waals surface area contributed by atoms with Crippen LogP contribution < -0.4 is 14.8 Å². The molecule has 0 saturated carbocycles. The van der Waals surface area contributed by atoms with Gasteiger partial charge in [0.2, 0.25) is 10.0 Å². The number of sulfonamides is 1. The second-order valence-electron chi connectivity index (χ2n) is 4.91. The SMILES string of the molecule is CCCNC(=O)COC(=O)/C=C/c1ccc(OC)c(S(=O)(=O)NC)c1. The molecule has 1 amide bonds. The van der Waals surface area contributed by atoms with Gasteiger partial charge in [-0.05, 0) is 37.2 Å². The van der Waals surface area contributed by atoms with Crippen molar-refractivity contribution in [2.24, 2.45) is 0 Å². The van der Waals surface area contributed by atoms with E-state index in [4.69, 9.17) is 9.47 Å². The molecule has 25 heavy (non-hydrogen) atoms. The number of esters is 1. The first-order valence-electron chi connectivity index (χ1n) is 7.57. The molecule has 0 aromatic heterocycles. The Labute approximate surface area is 147 Å². The second kappa shape index (κ2) is 9.80. The summed E-state index contributed by atoms with van der Waals surface area (Å²) in [5.41, 5.74) is 0.460. The number of methoxy groups -OCH3 is 1. The van der Waals surface area contributed by atoms with Crippen molar-refractivity contribution in [1.82, 2.24) is 10.0 Å². The predicted molar refractivity (Wildman–Crippen MR) is 92.5 cm³/mol. The number of carbonyl (C=O) groups is 2. The van der Waals surface area contributed by atoms with Gasteiger partial charge in [-0.25, -0.2) is 17.9 Å². The average molecular weight is 370 g/mol. The van der Waals surface area contributed by atoms with Crippen LogP contribution in [-0.4, -0.2) is 47.6 Å². The average Bonchev–Trinajstić information content (AvgIpc) is 2.62. The Kier molecular flexibility index (Phi) is 8.09. The standard InChI is InChI=1S/C16H22N2O6S/c1-4-9-18-15(19)11-24-16(20)8-6-12-5-7-13(23-3)14(10-12)25(21,22)17-2/h5-8,10,17H,4,9,11H2,1-3H3,(H,18,19)/b8-6+. The fourth-order valence-electron chi connectivity index (χ4n) is 1.78. The van der Waals surface area contributed by atoms with E-state index in [9.17, 15) is 18.0 Å². The van der Waals surface area contributed by atoms with E-state index < -0.39 is 16.0 Å². The number of hydrogen-bond acceptors (Lipinski definition) is 6. The normalized spacial score (nSPS) is 11.3. The summed E-state index contributed by atoms with van der Waals surface area (Å²) < 4.78 is 36.0. The monoisotopic (exact) mass is 370 g/mol. The lowest BCUT2D eigenvalue weighted by Crippen LogP contribution is -2.28. The fraction of sp³-hybridized carbons (Fsp3) is 0.375. The molecule has 1 aromatic carbocycles. The van der Waals surface area contributed by atoms with Crippen LogP contribution in [0.3, 0.4) is 0 Å². The Morgan fingerprint density at radius 1 is 1.28 bits per heavy atom. The summed E-state index contributed by atoms with van der Waals surface area (Å²) in [6.07, 6.45) is 3.29. The third-order valence-corrected chi connectivity index (χ3v) is 4.51. The van der Waals surface area contributed by atoms with Gasteiger partial charge in [0, 0.05) is 12.6 Å². The van der Waals surface area contributed by atoms with Crippen LogP contribution in [0.1, 0.15) is 18.9 Å². The van der Waals surface area contributed by atoms with Crippen molar-refractivity contribution in [2.45, 2.75) is 18.2 Å².